The Hall–Kier alpha value is -3.27. The highest BCUT2D eigenvalue weighted by Crippen LogP contribution is 2.42. The Morgan fingerprint density at radius 1 is 1.21 bits per heavy atom. The molecule has 3 heterocycles. The van der Waals surface area contributed by atoms with E-state index in [0.29, 0.717) is 24.3 Å². The number of alkyl halides is 3. The van der Waals surface area contributed by atoms with Crippen molar-refractivity contribution in [1.29, 1.82) is 0 Å². The van der Waals surface area contributed by atoms with Crippen LogP contribution in [0.3, 0.4) is 0 Å². The molecule has 33 heavy (non-hydrogen) atoms. The number of carbonyl (C=O) groups is 2. The number of nitrogens with zero attached hydrogens (tertiary/aromatic N) is 1. The van der Waals surface area contributed by atoms with E-state index in [1.807, 2.05) is 13.0 Å². The summed E-state index contributed by atoms with van der Waals surface area (Å²) in [6.07, 6.45) is -1.33. The van der Waals surface area contributed by atoms with Gasteiger partial charge in [0.2, 0.25) is 0 Å². The molecular weight excluding hydrogens is 435 g/mol. The summed E-state index contributed by atoms with van der Waals surface area (Å²) in [4.78, 5) is 29.7. The molecule has 0 spiro atoms. The molecule has 10 heteroatoms. The highest BCUT2D eigenvalue weighted by Gasteiger charge is 2.39. The maximum Gasteiger partial charge on any atom is 0.420 e. The summed E-state index contributed by atoms with van der Waals surface area (Å²) >= 11 is 0. The molecule has 2 aliphatic heterocycles. The van der Waals surface area contributed by atoms with Crippen molar-refractivity contribution in [1.82, 2.24) is 15.2 Å². The first kappa shape index (κ1) is 22.9. The van der Waals surface area contributed by atoms with E-state index in [0.717, 1.165) is 31.5 Å². The molecule has 2 aliphatic rings. The van der Waals surface area contributed by atoms with Gasteiger partial charge in [0, 0.05) is 30.0 Å². The fraction of sp³-hybridized carbons (Fsp3) is 0.391. The van der Waals surface area contributed by atoms with E-state index >= 15 is 0 Å². The summed E-state index contributed by atoms with van der Waals surface area (Å²) in [5, 5.41) is 7.63. The topological polar surface area (TPSA) is 89.3 Å². The molecule has 4 rings (SSSR count). The normalized spacial score (nSPS) is 17.4. The number of urea groups is 1. The first-order chi connectivity index (χ1) is 15.6. The molecule has 2 aromatic rings. The van der Waals surface area contributed by atoms with Gasteiger partial charge in [-0.2, -0.15) is 13.2 Å². The van der Waals surface area contributed by atoms with Crippen LogP contribution in [0.2, 0.25) is 0 Å². The van der Waals surface area contributed by atoms with Crippen molar-refractivity contribution in [3.63, 3.8) is 0 Å². The van der Waals surface area contributed by atoms with Crippen LogP contribution in [0.1, 0.15) is 40.9 Å². The fourth-order valence-corrected chi connectivity index (χ4v) is 4.29. The number of aryl methyl sites for hydroxylation is 2. The van der Waals surface area contributed by atoms with Gasteiger partial charge in [0.1, 0.15) is 5.56 Å². The van der Waals surface area contributed by atoms with Crippen molar-refractivity contribution in [3.8, 4) is 0 Å². The number of benzene rings is 1. The van der Waals surface area contributed by atoms with Gasteiger partial charge in [-0.1, -0.05) is 11.6 Å². The number of halogens is 3. The molecular formula is C23H26F3N5O2. The van der Waals surface area contributed by atoms with Crippen molar-refractivity contribution < 1.29 is 22.8 Å². The van der Waals surface area contributed by atoms with Crippen molar-refractivity contribution >= 4 is 35.0 Å². The molecule has 4 N–H and O–H groups in total. The lowest BCUT2D eigenvalue weighted by atomic mass is 10.0. The third kappa shape index (κ3) is 4.90. The van der Waals surface area contributed by atoms with E-state index in [2.05, 4.69) is 25.8 Å². The van der Waals surface area contributed by atoms with Gasteiger partial charge in [-0.3, -0.25) is 4.79 Å². The molecule has 3 amide bonds. The Bertz CT molecular complexity index is 1110. The van der Waals surface area contributed by atoms with Gasteiger partial charge in [-0.15, -0.1) is 0 Å². The molecule has 0 radical (unpaired) electrons. The van der Waals surface area contributed by atoms with Gasteiger partial charge in [0.05, 0.1) is 17.0 Å². The molecule has 7 nitrogen and oxygen atoms in total. The molecule has 1 fully saturated rings. The number of H-pyrrole nitrogens is 1. The lowest BCUT2D eigenvalue weighted by Crippen LogP contribution is -2.36. The molecule has 176 valence electrons. The Kier molecular flexibility index (Phi) is 6.20. The number of amides is 3. The number of hydrogen-bond donors (Lipinski definition) is 4. The lowest BCUT2D eigenvalue weighted by molar-refractivity contribution is -0.137. The van der Waals surface area contributed by atoms with Gasteiger partial charge in [0.15, 0.2) is 0 Å². The average molecular weight is 461 g/mol. The zero-order valence-corrected chi connectivity index (χ0v) is 18.4. The minimum atomic E-state index is -4.75. The summed E-state index contributed by atoms with van der Waals surface area (Å²) in [5.41, 5.74) is 0.578. The minimum Gasteiger partial charge on any atom is -0.357 e. The third-order valence-electron chi connectivity index (χ3n) is 5.90. The highest BCUT2D eigenvalue weighted by atomic mass is 19.4. The number of likely N-dealkylation sites (tertiary alicyclic amines) is 1. The summed E-state index contributed by atoms with van der Waals surface area (Å²) in [6, 6.07) is 4.56. The molecule has 1 aromatic carbocycles. The zero-order valence-electron chi connectivity index (χ0n) is 18.4. The molecule has 1 aromatic heterocycles. The zero-order chi connectivity index (χ0) is 23.8. The Labute approximate surface area is 189 Å². The van der Waals surface area contributed by atoms with Gasteiger partial charge < -0.3 is 25.8 Å². The number of aromatic amines is 1. The summed E-state index contributed by atoms with van der Waals surface area (Å²) in [5.74, 6) is -0.481. The second kappa shape index (κ2) is 8.93. The van der Waals surface area contributed by atoms with Crippen LogP contribution in [-0.2, 0) is 11.0 Å². The van der Waals surface area contributed by atoms with E-state index in [4.69, 9.17) is 0 Å². The molecule has 0 aliphatic carbocycles. The largest absolute Gasteiger partial charge is 0.420 e. The smallest absolute Gasteiger partial charge is 0.357 e. The minimum absolute atomic E-state index is 0.127. The predicted octanol–water partition coefficient (Wildman–Crippen LogP) is 4.36. The Balaban J connectivity index is 1.60. The standard InChI is InChI=1S/C23H26F3N5O2/c1-13-5-6-17-15(11-13)16(21(32)29-17)12-18-19(23(24,25)26)20(14(2)28-18)30-22(33)27-7-10-31-8-3-4-9-31/h5-6,11-12,28H,3-4,7-10H2,1-2H3,(H,29,32)(H2,27,30,33)/b16-12-. The monoisotopic (exact) mass is 461 g/mol. The number of hydrogen-bond acceptors (Lipinski definition) is 3. The van der Waals surface area contributed by atoms with Crippen LogP contribution in [-0.4, -0.2) is 48.0 Å². The Morgan fingerprint density at radius 3 is 2.64 bits per heavy atom. The van der Waals surface area contributed by atoms with Crippen molar-refractivity contribution in [3.05, 3.63) is 46.3 Å². The number of nitrogens with one attached hydrogen (secondary N) is 4. The van der Waals surface area contributed by atoms with E-state index in [9.17, 15) is 22.8 Å². The fourth-order valence-electron chi connectivity index (χ4n) is 4.29. The predicted molar refractivity (Wildman–Crippen MR) is 121 cm³/mol. The van der Waals surface area contributed by atoms with E-state index in [1.165, 1.54) is 13.0 Å². The van der Waals surface area contributed by atoms with Crippen LogP contribution in [0.4, 0.5) is 29.3 Å². The van der Waals surface area contributed by atoms with Crippen molar-refractivity contribution in [2.24, 2.45) is 0 Å². The van der Waals surface area contributed by atoms with Crippen molar-refractivity contribution in [2.45, 2.75) is 32.9 Å². The second-order valence-corrected chi connectivity index (χ2v) is 8.40. The maximum absolute atomic E-state index is 14.0. The number of anilines is 2. The lowest BCUT2D eigenvalue weighted by Gasteiger charge is -2.16. The third-order valence-corrected chi connectivity index (χ3v) is 5.90. The number of rotatable bonds is 5. The van der Waals surface area contributed by atoms with E-state index in [1.54, 1.807) is 12.1 Å². The van der Waals surface area contributed by atoms with Crippen LogP contribution in [0.5, 0.6) is 0 Å². The number of carbonyl (C=O) groups excluding carboxylic acids is 2. The average Bonchev–Trinajstić information content (AvgIpc) is 3.42. The molecule has 0 atom stereocenters. The van der Waals surface area contributed by atoms with Crippen LogP contribution in [0, 0.1) is 13.8 Å². The van der Waals surface area contributed by atoms with Crippen molar-refractivity contribution in [2.75, 3.05) is 36.8 Å². The SMILES string of the molecule is Cc1ccc2c(c1)/C(=C/c1[nH]c(C)c(NC(=O)NCCN3CCCC3)c1C(F)(F)F)C(=O)N2. The van der Waals surface area contributed by atoms with E-state index < -0.39 is 23.7 Å². The number of aromatic nitrogens is 1. The molecule has 1 saturated heterocycles. The quantitative estimate of drug-likeness (QED) is 0.499. The molecule has 0 bridgehead atoms. The van der Waals surface area contributed by atoms with Crippen LogP contribution in [0.15, 0.2) is 18.2 Å². The Morgan fingerprint density at radius 2 is 1.94 bits per heavy atom. The summed E-state index contributed by atoms with van der Waals surface area (Å²) in [7, 11) is 0. The first-order valence-electron chi connectivity index (χ1n) is 10.8. The maximum atomic E-state index is 14.0. The van der Waals surface area contributed by atoms with Gasteiger partial charge in [0.25, 0.3) is 5.91 Å². The van der Waals surface area contributed by atoms with E-state index in [-0.39, 0.29) is 22.6 Å². The van der Waals surface area contributed by atoms with Crippen LogP contribution in [0.25, 0.3) is 11.6 Å². The first-order valence-corrected chi connectivity index (χ1v) is 10.8. The van der Waals surface area contributed by atoms with Crippen LogP contribution < -0.4 is 16.0 Å². The van der Waals surface area contributed by atoms with Gasteiger partial charge in [-0.05, 0) is 58.0 Å². The second-order valence-electron chi connectivity index (χ2n) is 8.40. The summed E-state index contributed by atoms with van der Waals surface area (Å²) < 4.78 is 42.1. The van der Waals surface area contributed by atoms with Crippen LogP contribution >= 0.6 is 0 Å². The van der Waals surface area contributed by atoms with Gasteiger partial charge >= 0.3 is 12.2 Å². The highest BCUT2D eigenvalue weighted by molar-refractivity contribution is 6.35. The summed E-state index contributed by atoms with van der Waals surface area (Å²) in [6.45, 7) is 6.20. The van der Waals surface area contributed by atoms with Gasteiger partial charge in [-0.25, -0.2) is 4.79 Å². The molecule has 0 unspecified atom stereocenters. The molecule has 0 saturated carbocycles. The number of fused-ring (bicyclic) bond motifs is 1.